The molecule has 2 fully saturated rings. The summed E-state index contributed by atoms with van der Waals surface area (Å²) in [6, 6.07) is 2.61. The number of amides is 1. The standard InChI is InChI=1S/C16H27N3O/c17-10-5-11-19-12-8-14(9-13-19)16(20)18-15-6-3-1-2-4-7-15/h14-15H,1-9,11-13H2,(H,18,20). The number of carbonyl (C=O) groups excluding carboxylic acids is 1. The first-order valence-corrected chi connectivity index (χ1v) is 8.19. The predicted octanol–water partition coefficient (Wildman–Crippen LogP) is 2.45. The Labute approximate surface area is 122 Å². The number of hydrogen-bond donors (Lipinski definition) is 1. The fraction of sp³-hybridized carbons (Fsp3) is 0.875. The minimum Gasteiger partial charge on any atom is -0.353 e. The molecule has 0 bridgehead atoms. The minimum atomic E-state index is 0.191. The van der Waals surface area contributed by atoms with E-state index in [-0.39, 0.29) is 11.8 Å². The molecule has 2 aliphatic rings. The van der Waals surface area contributed by atoms with E-state index in [4.69, 9.17) is 5.26 Å². The molecule has 0 unspecified atom stereocenters. The Kier molecular flexibility index (Phi) is 6.32. The summed E-state index contributed by atoms with van der Waals surface area (Å²) >= 11 is 0. The Morgan fingerprint density at radius 2 is 1.75 bits per heavy atom. The Hall–Kier alpha value is -1.08. The van der Waals surface area contributed by atoms with Crippen LogP contribution in [0.5, 0.6) is 0 Å². The smallest absolute Gasteiger partial charge is 0.223 e. The molecule has 1 amide bonds. The summed E-state index contributed by atoms with van der Waals surface area (Å²) in [6.07, 6.45) is 9.98. The molecule has 112 valence electrons. The summed E-state index contributed by atoms with van der Waals surface area (Å²) in [5.74, 6) is 0.466. The number of nitriles is 1. The topological polar surface area (TPSA) is 56.1 Å². The molecule has 0 atom stereocenters. The number of piperidine rings is 1. The largest absolute Gasteiger partial charge is 0.353 e. The summed E-state index contributed by atoms with van der Waals surface area (Å²) in [4.78, 5) is 14.6. The van der Waals surface area contributed by atoms with Gasteiger partial charge in [0.15, 0.2) is 0 Å². The molecule has 0 radical (unpaired) electrons. The van der Waals surface area contributed by atoms with Gasteiger partial charge < -0.3 is 10.2 Å². The third-order valence-electron chi connectivity index (χ3n) is 4.70. The Balaban J connectivity index is 1.70. The highest BCUT2D eigenvalue weighted by molar-refractivity contribution is 5.79. The van der Waals surface area contributed by atoms with Gasteiger partial charge in [0.25, 0.3) is 0 Å². The van der Waals surface area contributed by atoms with E-state index in [1.54, 1.807) is 0 Å². The zero-order valence-corrected chi connectivity index (χ0v) is 12.4. The lowest BCUT2D eigenvalue weighted by Gasteiger charge is -2.31. The molecule has 1 aliphatic carbocycles. The normalized spacial score (nSPS) is 22.9. The fourth-order valence-corrected chi connectivity index (χ4v) is 3.37. The van der Waals surface area contributed by atoms with Crippen molar-refractivity contribution >= 4 is 5.91 Å². The second-order valence-electron chi connectivity index (χ2n) is 6.22. The summed E-state index contributed by atoms with van der Waals surface area (Å²) in [6.45, 7) is 2.78. The van der Waals surface area contributed by atoms with Crippen LogP contribution in [0.1, 0.15) is 57.8 Å². The molecule has 1 aliphatic heterocycles. The fourth-order valence-electron chi connectivity index (χ4n) is 3.37. The number of rotatable bonds is 4. The van der Waals surface area contributed by atoms with Crippen molar-refractivity contribution in [3.8, 4) is 6.07 Å². The van der Waals surface area contributed by atoms with Crippen molar-refractivity contribution in [1.82, 2.24) is 10.2 Å². The number of likely N-dealkylation sites (tertiary alicyclic amines) is 1. The first kappa shape index (κ1) is 15.3. The van der Waals surface area contributed by atoms with Crippen LogP contribution in [-0.4, -0.2) is 36.5 Å². The third-order valence-corrected chi connectivity index (χ3v) is 4.70. The molecular weight excluding hydrogens is 250 g/mol. The van der Waals surface area contributed by atoms with E-state index in [0.29, 0.717) is 12.5 Å². The molecule has 4 heteroatoms. The van der Waals surface area contributed by atoms with Crippen LogP contribution in [0.4, 0.5) is 0 Å². The van der Waals surface area contributed by atoms with E-state index >= 15 is 0 Å². The SMILES string of the molecule is N#CCCN1CCC(C(=O)NC2CCCCCC2)CC1. The lowest BCUT2D eigenvalue weighted by molar-refractivity contribution is -0.127. The van der Waals surface area contributed by atoms with Crippen LogP contribution in [-0.2, 0) is 4.79 Å². The van der Waals surface area contributed by atoms with Crippen molar-refractivity contribution in [3.63, 3.8) is 0 Å². The van der Waals surface area contributed by atoms with E-state index in [1.165, 1.54) is 25.7 Å². The van der Waals surface area contributed by atoms with Gasteiger partial charge in [0.05, 0.1) is 6.07 Å². The van der Waals surface area contributed by atoms with E-state index in [2.05, 4.69) is 16.3 Å². The molecule has 4 nitrogen and oxygen atoms in total. The van der Waals surface area contributed by atoms with Gasteiger partial charge >= 0.3 is 0 Å². The number of hydrogen-bond acceptors (Lipinski definition) is 3. The van der Waals surface area contributed by atoms with Gasteiger partial charge in [-0.05, 0) is 38.8 Å². The van der Waals surface area contributed by atoms with Crippen LogP contribution in [0.15, 0.2) is 0 Å². The van der Waals surface area contributed by atoms with Crippen LogP contribution < -0.4 is 5.32 Å². The molecule has 0 aromatic carbocycles. The highest BCUT2D eigenvalue weighted by atomic mass is 16.1. The molecular formula is C16H27N3O. The van der Waals surface area contributed by atoms with Gasteiger partial charge in [-0.1, -0.05) is 25.7 Å². The van der Waals surface area contributed by atoms with Crippen LogP contribution in [0.3, 0.4) is 0 Å². The molecule has 1 N–H and O–H groups in total. The van der Waals surface area contributed by atoms with E-state index in [0.717, 1.165) is 45.3 Å². The molecule has 2 rings (SSSR count). The molecule has 1 saturated carbocycles. The van der Waals surface area contributed by atoms with Crippen LogP contribution in [0.2, 0.25) is 0 Å². The Morgan fingerprint density at radius 1 is 1.10 bits per heavy atom. The maximum Gasteiger partial charge on any atom is 0.223 e. The quantitative estimate of drug-likeness (QED) is 0.803. The number of nitrogens with one attached hydrogen (secondary N) is 1. The zero-order valence-electron chi connectivity index (χ0n) is 12.4. The second kappa shape index (κ2) is 8.26. The van der Waals surface area contributed by atoms with Gasteiger partial charge in [0.1, 0.15) is 0 Å². The molecule has 20 heavy (non-hydrogen) atoms. The second-order valence-corrected chi connectivity index (χ2v) is 6.22. The van der Waals surface area contributed by atoms with Gasteiger partial charge in [-0.2, -0.15) is 5.26 Å². The summed E-state index contributed by atoms with van der Waals surface area (Å²) < 4.78 is 0. The van der Waals surface area contributed by atoms with Crippen molar-refractivity contribution in [2.75, 3.05) is 19.6 Å². The molecule has 1 saturated heterocycles. The predicted molar refractivity (Wildman–Crippen MR) is 79.0 cm³/mol. The number of nitrogens with zero attached hydrogens (tertiary/aromatic N) is 2. The van der Waals surface area contributed by atoms with Crippen LogP contribution >= 0.6 is 0 Å². The highest BCUT2D eigenvalue weighted by Crippen LogP contribution is 2.20. The van der Waals surface area contributed by atoms with E-state index in [9.17, 15) is 4.79 Å². The average Bonchev–Trinajstić information content (AvgIpc) is 2.74. The van der Waals surface area contributed by atoms with Crippen molar-refractivity contribution in [2.24, 2.45) is 5.92 Å². The molecule has 0 spiro atoms. The maximum absolute atomic E-state index is 12.3. The lowest BCUT2D eigenvalue weighted by atomic mass is 9.95. The van der Waals surface area contributed by atoms with Crippen molar-refractivity contribution in [1.29, 1.82) is 5.26 Å². The van der Waals surface area contributed by atoms with Gasteiger partial charge in [-0.15, -0.1) is 0 Å². The van der Waals surface area contributed by atoms with Gasteiger partial charge in [0, 0.05) is 24.9 Å². The van der Waals surface area contributed by atoms with E-state index in [1.807, 2.05) is 0 Å². The molecule has 0 aromatic heterocycles. The van der Waals surface area contributed by atoms with Crippen molar-refractivity contribution < 1.29 is 4.79 Å². The van der Waals surface area contributed by atoms with Gasteiger partial charge in [0.2, 0.25) is 5.91 Å². The van der Waals surface area contributed by atoms with Gasteiger partial charge in [-0.25, -0.2) is 0 Å². The Bertz CT molecular complexity index is 334. The lowest BCUT2D eigenvalue weighted by Crippen LogP contribution is -2.43. The first-order valence-electron chi connectivity index (χ1n) is 8.19. The van der Waals surface area contributed by atoms with Crippen LogP contribution in [0.25, 0.3) is 0 Å². The van der Waals surface area contributed by atoms with Crippen molar-refractivity contribution in [2.45, 2.75) is 63.8 Å². The van der Waals surface area contributed by atoms with E-state index < -0.39 is 0 Å². The number of carbonyl (C=O) groups is 1. The Morgan fingerprint density at radius 3 is 2.35 bits per heavy atom. The maximum atomic E-state index is 12.3. The minimum absolute atomic E-state index is 0.191. The highest BCUT2D eigenvalue weighted by Gasteiger charge is 2.26. The molecule has 1 heterocycles. The van der Waals surface area contributed by atoms with Gasteiger partial charge in [-0.3, -0.25) is 4.79 Å². The summed E-state index contributed by atoms with van der Waals surface area (Å²) in [5.41, 5.74) is 0. The van der Waals surface area contributed by atoms with Crippen LogP contribution in [0, 0.1) is 17.2 Å². The molecule has 0 aromatic rings. The first-order chi connectivity index (χ1) is 9.79. The van der Waals surface area contributed by atoms with Crippen molar-refractivity contribution in [3.05, 3.63) is 0 Å². The zero-order chi connectivity index (χ0) is 14.2. The third kappa shape index (κ3) is 4.79. The average molecular weight is 277 g/mol. The monoisotopic (exact) mass is 277 g/mol. The summed E-state index contributed by atoms with van der Waals surface area (Å²) in [5, 5.41) is 11.9. The summed E-state index contributed by atoms with van der Waals surface area (Å²) in [7, 11) is 0.